The summed E-state index contributed by atoms with van der Waals surface area (Å²) in [5.41, 5.74) is 1.69. The highest BCUT2D eigenvalue weighted by molar-refractivity contribution is 7.98. The smallest absolute Gasteiger partial charge is 0.341 e. The van der Waals surface area contributed by atoms with Gasteiger partial charge in [0.25, 0.3) is 0 Å². The lowest BCUT2D eigenvalue weighted by Crippen LogP contribution is -2.36. The number of furan rings is 1. The molecule has 4 heterocycles. The minimum atomic E-state index is -0.381. The zero-order chi connectivity index (χ0) is 21.3. The van der Waals surface area contributed by atoms with Crippen LogP contribution in [0.5, 0.6) is 0 Å². The van der Waals surface area contributed by atoms with Crippen LogP contribution in [0.2, 0.25) is 0 Å². The Hall–Kier alpha value is -1.94. The van der Waals surface area contributed by atoms with E-state index in [0.29, 0.717) is 17.1 Å². The van der Waals surface area contributed by atoms with Crippen LogP contribution in [0.25, 0.3) is 10.2 Å². The molecule has 0 radical (unpaired) electrons. The number of carbonyl (C=O) groups is 1. The van der Waals surface area contributed by atoms with Gasteiger partial charge in [-0.2, -0.15) is 0 Å². The molecular weight excluding hydrogens is 422 g/mol. The summed E-state index contributed by atoms with van der Waals surface area (Å²) in [5.74, 6) is 2.33. The molecule has 0 aliphatic carbocycles. The summed E-state index contributed by atoms with van der Waals surface area (Å²) in [7, 11) is 1.37. The molecule has 1 fully saturated rings. The highest BCUT2D eigenvalue weighted by atomic mass is 32.2. The summed E-state index contributed by atoms with van der Waals surface area (Å²) >= 11 is 3.33. The Labute approximate surface area is 183 Å². The summed E-state index contributed by atoms with van der Waals surface area (Å²) in [4.78, 5) is 26.2. The van der Waals surface area contributed by atoms with Crippen molar-refractivity contribution < 1.29 is 18.7 Å². The van der Waals surface area contributed by atoms with Gasteiger partial charge in [-0.05, 0) is 32.4 Å². The number of hydrogen-bond acceptors (Lipinski definition) is 9. The standard InChI is InChI=1S/C21H25N3O4S2/c1-12-14(3)30-20-18(12)19(22-17(23-20)10-24-5-7-27-8-6-24)29-11-15-9-16(13(2)28-15)21(25)26-4/h9H,5-8,10-11H2,1-4H3. The van der Waals surface area contributed by atoms with Crippen LogP contribution in [0.15, 0.2) is 15.5 Å². The summed E-state index contributed by atoms with van der Waals surface area (Å²) in [5, 5.41) is 2.07. The number of morpholine rings is 1. The van der Waals surface area contributed by atoms with Gasteiger partial charge in [0, 0.05) is 23.4 Å². The normalized spacial score (nSPS) is 15.1. The average molecular weight is 448 g/mol. The van der Waals surface area contributed by atoms with Gasteiger partial charge in [-0.15, -0.1) is 11.3 Å². The number of methoxy groups -OCH3 is 1. The van der Waals surface area contributed by atoms with Gasteiger partial charge in [-0.1, -0.05) is 11.8 Å². The van der Waals surface area contributed by atoms with Crippen molar-refractivity contribution in [2.45, 2.75) is 38.1 Å². The lowest BCUT2D eigenvalue weighted by atomic mass is 10.2. The van der Waals surface area contributed by atoms with Crippen molar-refractivity contribution in [2.75, 3.05) is 33.4 Å². The number of nitrogens with zero attached hydrogens (tertiary/aromatic N) is 3. The van der Waals surface area contributed by atoms with Crippen LogP contribution in [-0.2, 0) is 21.8 Å². The minimum Gasteiger partial charge on any atom is -0.465 e. The molecule has 4 rings (SSSR count). The van der Waals surface area contributed by atoms with Gasteiger partial charge in [0.05, 0.1) is 32.6 Å². The van der Waals surface area contributed by atoms with E-state index in [4.69, 9.17) is 23.9 Å². The summed E-state index contributed by atoms with van der Waals surface area (Å²) in [6.07, 6.45) is 0. The molecule has 0 N–H and O–H groups in total. The van der Waals surface area contributed by atoms with Crippen LogP contribution in [0.4, 0.5) is 0 Å². The number of aromatic nitrogens is 2. The fraction of sp³-hybridized carbons (Fsp3) is 0.476. The molecule has 160 valence electrons. The molecule has 0 amide bonds. The van der Waals surface area contributed by atoms with Crippen molar-refractivity contribution >= 4 is 39.3 Å². The van der Waals surface area contributed by atoms with Gasteiger partial charge in [0.15, 0.2) is 0 Å². The molecule has 0 spiro atoms. The molecule has 0 saturated carbocycles. The van der Waals surface area contributed by atoms with Crippen molar-refractivity contribution in [1.29, 1.82) is 0 Å². The first-order chi connectivity index (χ1) is 14.5. The van der Waals surface area contributed by atoms with Gasteiger partial charge in [0.1, 0.15) is 32.8 Å². The first-order valence-electron chi connectivity index (χ1n) is 9.83. The second-order valence-electron chi connectivity index (χ2n) is 7.26. The van der Waals surface area contributed by atoms with E-state index in [2.05, 4.69) is 18.7 Å². The molecule has 0 unspecified atom stereocenters. The number of carbonyl (C=O) groups excluding carboxylic acids is 1. The summed E-state index contributed by atoms with van der Waals surface area (Å²) in [6.45, 7) is 10.0. The lowest BCUT2D eigenvalue weighted by molar-refractivity contribution is 0.0330. The average Bonchev–Trinajstić information content (AvgIpc) is 3.25. The van der Waals surface area contributed by atoms with Crippen molar-refractivity contribution in [3.63, 3.8) is 0 Å². The topological polar surface area (TPSA) is 77.7 Å². The Morgan fingerprint density at radius 3 is 2.77 bits per heavy atom. The number of thiophene rings is 1. The second-order valence-corrected chi connectivity index (χ2v) is 9.43. The molecule has 9 heteroatoms. The van der Waals surface area contributed by atoms with E-state index in [1.807, 2.05) is 0 Å². The number of thioether (sulfide) groups is 1. The van der Waals surface area contributed by atoms with Crippen LogP contribution in [0.1, 0.15) is 38.1 Å². The van der Waals surface area contributed by atoms with Crippen molar-refractivity contribution in [2.24, 2.45) is 0 Å². The fourth-order valence-corrected chi connectivity index (χ4v) is 5.55. The van der Waals surface area contributed by atoms with E-state index in [1.165, 1.54) is 17.6 Å². The first-order valence-corrected chi connectivity index (χ1v) is 11.6. The van der Waals surface area contributed by atoms with Crippen molar-refractivity contribution in [3.8, 4) is 0 Å². The monoisotopic (exact) mass is 447 g/mol. The summed E-state index contributed by atoms with van der Waals surface area (Å²) in [6, 6.07) is 1.76. The van der Waals surface area contributed by atoms with E-state index < -0.39 is 0 Å². The Morgan fingerprint density at radius 1 is 1.27 bits per heavy atom. The third-order valence-electron chi connectivity index (χ3n) is 5.24. The highest BCUT2D eigenvalue weighted by Crippen LogP contribution is 2.36. The maximum atomic E-state index is 11.9. The van der Waals surface area contributed by atoms with Crippen LogP contribution in [0, 0.1) is 20.8 Å². The molecule has 3 aromatic heterocycles. The predicted octanol–water partition coefficient (Wildman–Crippen LogP) is 4.12. The molecule has 30 heavy (non-hydrogen) atoms. The Morgan fingerprint density at radius 2 is 2.03 bits per heavy atom. The Bertz CT molecular complexity index is 1070. The Kier molecular flexibility index (Phi) is 6.43. The van der Waals surface area contributed by atoms with Gasteiger partial charge < -0.3 is 13.9 Å². The van der Waals surface area contributed by atoms with E-state index in [0.717, 1.165) is 59.7 Å². The van der Waals surface area contributed by atoms with E-state index >= 15 is 0 Å². The fourth-order valence-electron chi connectivity index (χ4n) is 3.46. The van der Waals surface area contributed by atoms with E-state index in [1.54, 1.807) is 36.1 Å². The Balaban J connectivity index is 1.60. The molecule has 0 aromatic carbocycles. The number of ether oxygens (including phenoxy) is 2. The number of fused-ring (bicyclic) bond motifs is 1. The maximum Gasteiger partial charge on any atom is 0.341 e. The van der Waals surface area contributed by atoms with Crippen molar-refractivity contribution in [1.82, 2.24) is 14.9 Å². The zero-order valence-electron chi connectivity index (χ0n) is 17.6. The minimum absolute atomic E-state index is 0.381. The van der Waals surface area contributed by atoms with E-state index in [-0.39, 0.29) is 5.97 Å². The van der Waals surface area contributed by atoms with Gasteiger partial charge in [-0.25, -0.2) is 14.8 Å². The SMILES string of the molecule is COC(=O)c1cc(CSc2nc(CN3CCOCC3)nc3sc(C)c(C)c23)oc1C. The molecule has 7 nitrogen and oxygen atoms in total. The lowest BCUT2D eigenvalue weighted by Gasteiger charge is -2.25. The largest absolute Gasteiger partial charge is 0.465 e. The molecule has 0 atom stereocenters. The van der Waals surface area contributed by atoms with Crippen LogP contribution < -0.4 is 0 Å². The van der Waals surface area contributed by atoms with Crippen LogP contribution >= 0.6 is 23.1 Å². The second kappa shape index (κ2) is 9.05. The molecule has 3 aromatic rings. The quantitative estimate of drug-likeness (QED) is 0.317. The van der Waals surface area contributed by atoms with E-state index in [9.17, 15) is 4.79 Å². The molecule has 1 saturated heterocycles. The summed E-state index contributed by atoms with van der Waals surface area (Å²) < 4.78 is 16.0. The van der Waals surface area contributed by atoms with Gasteiger partial charge in [0.2, 0.25) is 0 Å². The third-order valence-corrected chi connectivity index (χ3v) is 7.33. The van der Waals surface area contributed by atoms with Crippen molar-refractivity contribution in [3.05, 3.63) is 39.4 Å². The molecule has 0 bridgehead atoms. The molecule has 1 aliphatic rings. The maximum absolute atomic E-state index is 11.9. The first kappa shape index (κ1) is 21.3. The van der Waals surface area contributed by atoms with Gasteiger partial charge in [-0.3, -0.25) is 4.90 Å². The number of hydrogen-bond donors (Lipinski definition) is 0. The number of esters is 1. The molecule has 1 aliphatic heterocycles. The number of rotatable bonds is 6. The van der Waals surface area contributed by atoms with Crippen LogP contribution in [0.3, 0.4) is 0 Å². The van der Waals surface area contributed by atoms with Crippen LogP contribution in [-0.4, -0.2) is 54.3 Å². The zero-order valence-corrected chi connectivity index (χ0v) is 19.2. The van der Waals surface area contributed by atoms with Gasteiger partial charge >= 0.3 is 5.97 Å². The predicted molar refractivity (Wildman–Crippen MR) is 117 cm³/mol. The molecular formula is C21H25N3O4S2. The number of aryl methyl sites for hydroxylation is 3. The third kappa shape index (κ3) is 4.39. The highest BCUT2D eigenvalue weighted by Gasteiger charge is 2.20.